The highest BCUT2D eigenvalue weighted by Gasteiger charge is 2.03. The summed E-state index contributed by atoms with van der Waals surface area (Å²) in [6, 6.07) is 5.05. The van der Waals surface area contributed by atoms with Crippen LogP contribution in [0, 0.1) is 12.7 Å². The van der Waals surface area contributed by atoms with Crippen molar-refractivity contribution in [3.63, 3.8) is 0 Å². The Morgan fingerprint density at radius 2 is 2.14 bits per heavy atom. The number of aryl methyl sites for hydroxylation is 1. The molecule has 3 heteroatoms. The number of rotatable bonds is 1. The van der Waals surface area contributed by atoms with Gasteiger partial charge < -0.3 is 5.11 Å². The lowest BCUT2D eigenvalue weighted by Crippen LogP contribution is -1.90. The maximum absolute atomic E-state index is 13.4. The van der Waals surface area contributed by atoms with E-state index in [9.17, 15) is 4.39 Å². The van der Waals surface area contributed by atoms with E-state index in [0.717, 1.165) is 10.9 Å². The largest absolute Gasteiger partial charge is 0.392 e. The highest BCUT2D eigenvalue weighted by molar-refractivity contribution is 5.80. The van der Waals surface area contributed by atoms with Gasteiger partial charge in [0, 0.05) is 11.6 Å². The first-order valence-corrected chi connectivity index (χ1v) is 4.36. The molecule has 0 fully saturated rings. The molecule has 0 aliphatic heterocycles. The van der Waals surface area contributed by atoms with Gasteiger partial charge in [-0.2, -0.15) is 0 Å². The fourth-order valence-corrected chi connectivity index (χ4v) is 1.48. The normalized spacial score (nSPS) is 10.8. The number of halogens is 1. The maximum Gasteiger partial charge on any atom is 0.149 e. The minimum absolute atomic E-state index is 0.0709. The Kier molecular flexibility index (Phi) is 2.17. The zero-order chi connectivity index (χ0) is 10.1. The lowest BCUT2D eigenvalue weighted by molar-refractivity contribution is 0.281. The second-order valence-electron chi connectivity index (χ2n) is 3.32. The first kappa shape index (κ1) is 9.09. The van der Waals surface area contributed by atoms with E-state index in [0.29, 0.717) is 11.1 Å². The van der Waals surface area contributed by atoms with Gasteiger partial charge in [-0.1, -0.05) is 0 Å². The number of benzene rings is 1. The highest BCUT2D eigenvalue weighted by atomic mass is 19.1. The quantitative estimate of drug-likeness (QED) is 0.749. The molecule has 0 atom stereocenters. The molecule has 2 nitrogen and oxygen atoms in total. The molecule has 0 bridgehead atoms. The van der Waals surface area contributed by atoms with Crippen molar-refractivity contribution in [3.8, 4) is 0 Å². The number of pyridine rings is 1. The molecule has 2 aromatic rings. The molecule has 0 aliphatic rings. The van der Waals surface area contributed by atoms with Crippen LogP contribution in [0.1, 0.15) is 11.1 Å². The minimum Gasteiger partial charge on any atom is -0.392 e. The lowest BCUT2D eigenvalue weighted by atomic mass is 10.1. The topological polar surface area (TPSA) is 33.1 Å². The van der Waals surface area contributed by atoms with Crippen LogP contribution in [0.15, 0.2) is 24.4 Å². The van der Waals surface area contributed by atoms with Gasteiger partial charge in [-0.3, -0.25) is 4.98 Å². The molecule has 1 N–H and O–H groups in total. The predicted octanol–water partition coefficient (Wildman–Crippen LogP) is 2.17. The Balaban J connectivity index is 2.75. The molecule has 14 heavy (non-hydrogen) atoms. The summed E-state index contributed by atoms with van der Waals surface area (Å²) in [5, 5.41) is 9.63. The molecule has 2 rings (SSSR count). The predicted molar refractivity (Wildman–Crippen MR) is 52.4 cm³/mol. The number of aliphatic hydroxyl groups is 1. The molecule has 0 amide bonds. The average Bonchev–Trinajstić information content (AvgIpc) is 2.16. The molecule has 1 aromatic carbocycles. The van der Waals surface area contributed by atoms with Gasteiger partial charge in [0.25, 0.3) is 0 Å². The van der Waals surface area contributed by atoms with Gasteiger partial charge in [0.1, 0.15) is 11.3 Å². The van der Waals surface area contributed by atoms with E-state index in [1.807, 2.05) is 13.0 Å². The van der Waals surface area contributed by atoms with Crippen molar-refractivity contribution < 1.29 is 9.50 Å². The van der Waals surface area contributed by atoms with Gasteiger partial charge in [0.15, 0.2) is 0 Å². The van der Waals surface area contributed by atoms with Crippen LogP contribution in [0.4, 0.5) is 4.39 Å². The maximum atomic E-state index is 13.4. The molecule has 0 aliphatic carbocycles. The fraction of sp³-hybridized carbons (Fsp3) is 0.182. The smallest absolute Gasteiger partial charge is 0.149 e. The van der Waals surface area contributed by atoms with Crippen LogP contribution in [0.2, 0.25) is 0 Å². The van der Waals surface area contributed by atoms with Crippen molar-refractivity contribution in [2.45, 2.75) is 13.5 Å². The highest BCUT2D eigenvalue weighted by Crippen LogP contribution is 2.18. The van der Waals surface area contributed by atoms with Crippen LogP contribution >= 0.6 is 0 Å². The molecule has 0 saturated heterocycles. The van der Waals surface area contributed by atoms with Gasteiger partial charge in [-0.15, -0.1) is 0 Å². The molecule has 0 unspecified atom stereocenters. The first-order chi connectivity index (χ1) is 6.70. The van der Waals surface area contributed by atoms with Gasteiger partial charge in [-0.25, -0.2) is 4.39 Å². The van der Waals surface area contributed by atoms with Crippen molar-refractivity contribution in [1.82, 2.24) is 4.98 Å². The van der Waals surface area contributed by atoms with Crippen molar-refractivity contribution in [1.29, 1.82) is 0 Å². The Morgan fingerprint density at radius 1 is 1.36 bits per heavy atom. The lowest BCUT2D eigenvalue weighted by Gasteiger charge is -2.02. The SMILES string of the molecule is Cc1cc(F)c2ncc(CO)cc2c1. The van der Waals surface area contributed by atoms with E-state index in [2.05, 4.69) is 4.98 Å². The Labute approximate surface area is 81.0 Å². The zero-order valence-corrected chi connectivity index (χ0v) is 7.79. The third-order valence-electron chi connectivity index (χ3n) is 2.12. The Morgan fingerprint density at radius 3 is 2.86 bits per heavy atom. The summed E-state index contributed by atoms with van der Waals surface area (Å²) in [6.07, 6.45) is 1.49. The third-order valence-corrected chi connectivity index (χ3v) is 2.12. The summed E-state index contributed by atoms with van der Waals surface area (Å²) >= 11 is 0. The monoisotopic (exact) mass is 191 g/mol. The van der Waals surface area contributed by atoms with Crippen molar-refractivity contribution in [3.05, 3.63) is 41.3 Å². The van der Waals surface area contributed by atoms with Gasteiger partial charge in [-0.05, 0) is 36.2 Å². The molecule has 0 spiro atoms. The fourth-order valence-electron chi connectivity index (χ4n) is 1.48. The van der Waals surface area contributed by atoms with Crippen LogP contribution in [0.25, 0.3) is 10.9 Å². The molecule has 1 aromatic heterocycles. The Hall–Kier alpha value is -1.48. The number of fused-ring (bicyclic) bond motifs is 1. The first-order valence-electron chi connectivity index (χ1n) is 4.36. The summed E-state index contributed by atoms with van der Waals surface area (Å²) in [5.74, 6) is -0.315. The Bertz CT molecular complexity index is 482. The van der Waals surface area contributed by atoms with E-state index in [4.69, 9.17) is 5.11 Å². The van der Waals surface area contributed by atoms with Crippen molar-refractivity contribution in [2.75, 3.05) is 0 Å². The van der Waals surface area contributed by atoms with Crippen LogP contribution in [0.3, 0.4) is 0 Å². The second kappa shape index (κ2) is 3.35. The molecular weight excluding hydrogens is 181 g/mol. The average molecular weight is 191 g/mol. The molecule has 72 valence electrons. The van der Waals surface area contributed by atoms with Gasteiger partial charge >= 0.3 is 0 Å². The summed E-state index contributed by atoms with van der Waals surface area (Å²) in [4.78, 5) is 3.96. The van der Waals surface area contributed by atoms with Crippen LogP contribution < -0.4 is 0 Å². The summed E-state index contributed by atoms with van der Waals surface area (Å²) in [7, 11) is 0. The van der Waals surface area contributed by atoms with Crippen molar-refractivity contribution >= 4 is 10.9 Å². The third kappa shape index (κ3) is 1.46. The van der Waals surface area contributed by atoms with Crippen molar-refractivity contribution in [2.24, 2.45) is 0 Å². The number of hydrogen-bond donors (Lipinski definition) is 1. The van der Waals surface area contributed by atoms with Crippen LogP contribution in [-0.4, -0.2) is 10.1 Å². The van der Waals surface area contributed by atoms with E-state index in [1.54, 1.807) is 6.07 Å². The van der Waals surface area contributed by atoms with Crippen LogP contribution in [-0.2, 0) is 6.61 Å². The van der Waals surface area contributed by atoms with Crippen LogP contribution in [0.5, 0.6) is 0 Å². The van der Waals surface area contributed by atoms with E-state index in [1.165, 1.54) is 12.3 Å². The molecule has 0 radical (unpaired) electrons. The number of aliphatic hydroxyl groups excluding tert-OH is 1. The molecule has 1 heterocycles. The zero-order valence-electron chi connectivity index (χ0n) is 7.79. The van der Waals surface area contributed by atoms with E-state index < -0.39 is 0 Å². The number of aromatic nitrogens is 1. The minimum atomic E-state index is -0.315. The van der Waals surface area contributed by atoms with Gasteiger partial charge in [0.05, 0.1) is 6.61 Å². The number of hydrogen-bond acceptors (Lipinski definition) is 2. The number of nitrogens with zero attached hydrogens (tertiary/aromatic N) is 1. The summed E-state index contributed by atoms with van der Waals surface area (Å²) in [6.45, 7) is 1.76. The standard InChI is InChI=1S/C11H10FNO/c1-7-2-9-4-8(6-14)5-13-11(9)10(12)3-7/h2-5,14H,6H2,1H3. The van der Waals surface area contributed by atoms with E-state index in [-0.39, 0.29) is 12.4 Å². The summed E-state index contributed by atoms with van der Waals surface area (Å²) in [5.41, 5.74) is 1.90. The van der Waals surface area contributed by atoms with Gasteiger partial charge in [0.2, 0.25) is 0 Å². The summed E-state index contributed by atoms with van der Waals surface area (Å²) < 4.78 is 13.4. The second-order valence-corrected chi connectivity index (χ2v) is 3.32. The molecular formula is C11H10FNO. The molecule has 0 saturated carbocycles. The van der Waals surface area contributed by atoms with E-state index >= 15 is 0 Å².